The highest BCUT2D eigenvalue weighted by Gasteiger charge is 2.31. The Balaban J connectivity index is 2.37. The van der Waals surface area contributed by atoms with Crippen molar-refractivity contribution in [3.63, 3.8) is 0 Å². The first-order valence-electron chi connectivity index (χ1n) is 7.91. The largest absolute Gasteiger partial charge is 0.312 e. The topological polar surface area (TPSA) is 12.0 Å². The quantitative estimate of drug-likeness (QED) is 0.796. The van der Waals surface area contributed by atoms with Crippen LogP contribution >= 0.6 is 0 Å². The predicted octanol–water partition coefficient (Wildman–Crippen LogP) is 4.88. The van der Waals surface area contributed by atoms with Gasteiger partial charge >= 0.3 is 0 Å². The molecule has 0 aromatic heterocycles. The van der Waals surface area contributed by atoms with E-state index in [-0.39, 0.29) is 5.41 Å². The summed E-state index contributed by atoms with van der Waals surface area (Å²) in [4.78, 5) is 0. The van der Waals surface area contributed by atoms with Crippen molar-refractivity contribution < 1.29 is 0 Å². The molecule has 0 aliphatic carbocycles. The molecular formula is C20H27N. The summed E-state index contributed by atoms with van der Waals surface area (Å²) in [5.41, 5.74) is 4.21. The fourth-order valence-corrected chi connectivity index (χ4v) is 3.20. The Hall–Kier alpha value is -1.60. The third kappa shape index (κ3) is 3.54. The van der Waals surface area contributed by atoms with Crippen LogP contribution in [0.25, 0.3) is 0 Å². The second-order valence-electron chi connectivity index (χ2n) is 6.30. The van der Waals surface area contributed by atoms with Crippen LogP contribution in [0.4, 0.5) is 0 Å². The Morgan fingerprint density at radius 1 is 1.00 bits per heavy atom. The van der Waals surface area contributed by atoms with Crippen molar-refractivity contribution in [1.29, 1.82) is 0 Å². The molecule has 2 aromatic carbocycles. The van der Waals surface area contributed by atoms with Crippen molar-refractivity contribution in [2.75, 3.05) is 7.05 Å². The standard InChI is InChI=1S/C20H27N/c1-5-10-16-11-9-12-17(15-16)19(21-4)20(2,3)18-13-7-6-8-14-18/h6-9,11-15,19,21H,5,10H2,1-4H3. The van der Waals surface area contributed by atoms with Crippen molar-refractivity contribution in [2.24, 2.45) is 0 Å². The molecule has 0 fully saturated rings. The molecule has 0 amide bonds. The molecule has 1 heteroatoms. The molecule has 112 valence electrons. The maximum atomic E-state index is 3.53. The van der Waals surface area contributed by atoms with E-state index in [0.717, 1.165) is 6.42 Å². The van der Waals surface area contributed by atoms with Crippen LogP contribution in [0, 0.1) is 0 Å². The molecule has 0 aliphatic heterocycles. The van der Waals surface area contributed by atoms with Crippen molar-refractivity contribution in [3.8, 4) is 0 Å². The highest BCUT2D eigenvalue weighted by molar-refractivity contribution is 5.34. The molecule has 0 bridgehead atoms. The lowest BCUT2D eigenvalue weighted by atomic mass is 9.74. The molecule has 0 aliphatic rings. The smallest absolute Gasteiger partial charge is 0.0410 e. The highest BCUT2D eigenvalue weighted by atomic mass is 14.9. The average Bonchev–Trinajstić information content (AvgIpc) is 2.49. The van der Waals surface area contributed by atoms with E-state index in [1.807, 2.05) is 0 Å². The first kappa shape index (κ1) is 15.8. The molecule has 21 heavy (non-hydrogen) atoms. The van der Waals surface area contributed by atoms with Crippen LogP contribution < -0.4 is 5.32 Å². The highest BCUT2D eigenvalue weighted by Crippen LogP contribution is 2.36. The van der Waals surface area contributed by atoms with Gasteiger partial charge in [-0.1, -0.05) is 81.8 Å². The lowest BCUT2D eigenvalue weighted by molar-refractivity contribution is 0.368. The van der Waals surface area contributed by atoms with Crippen LogP contribution in [0.2, 0.25) is 0 Å². The summed E-state index contributed by atoms with van der Waals surface area (Å²) in [6.45, 7) is 6.86. The van der Waals surface area contributed by atoms with Gasteiger partial charge in [-0.15, -0.1) is 0 Å². The van der Waals surface area contributed by atoms with Crippen LogP contribution in [0.1, 0.15) is 49.9 Å². The fraction of sp³-hybridized carbons (Fsp3) is 0.400. The van der Waals surface area contributed by atoms with Gasteiger partial charge in [-0.3, -0.25) is 0 Å². The molecule has 1 unspecified atom stereocenters. The van der Waals surface area contributed by atoms with Gasteiger partial charge in [0.2, 0.25) is 0 Å². The van der Waals surface area contributed by atoms with Crippen molar-refractivity contribution in [2.45, 2.75) is 45.1 Å². The van der Waals surface area contributed by atoms with E-state index in [2.05, 4.69) is 87.7 Å². The molecule has 2 aromatic rings. The minimum atomic E-state index is 0.0425. The summed E-state index contributed by atoms with van der Waals surface area (Å²) in [6, 6.07) is 20.1. The summed E-state index contributed by atoms with van der Waals surface area (Å²) in [5.74, 6) is 0. The Bertz CT molecular complexity index is 557. The number of rotatable bonds is 6. The number of benzene rings is 2. The zero-order valence-corrected chi connectivity index (χ0v) is 13.7. The van der Waals surface area contributed by atoms with Crippen LogP contribution in [0.5, 0.6) is 0 Å². The Morgan fingerprint density at radius 2 is 1.71 bits per heavy atom. The van der Waals surface area contributed by atoms with Crippen molar-refractivity contribution in [1.82, 2.24) is 5.32 Å². The van der Waals surface area contributed by atoms with E-state index >= 15 is 0 Å². The summed E-state index contributed by atoms with van der Waals surface area (Å²) in [6.07, 6.45) is 2.34. The molecule has 2 rings (SSSR count). The van der Waals surface area contributed by atoms with E-state index in [9.17, 15) is 0 Å². The molecule has 0 spiro atoms. The molecule has 0 heterocycles. The van der Waals surface area contributed by atoms with E-state index in [4.69, 9.17) is 0 Å². The Morgan fingerprint density at radius 3 is 2.33 bits per heavy atom. The number of hydrogen-bond donors (Lipinski definition) is 1. The SMILES string of the molecule is CCCc1cccc(C(NC)C(C)(C)c2ccccc2)c1. The van der Waals surface area contributed by atoms with Gasteiger partial charge < -0.3 is 5.32 Å². The molecule has 1 N–H and O–H groups in total. The number of hydrogen-bond acceptors (Lipinski definition) is 1. The first-order chi connectivity index (χ1) is 10.1. The number of nitrogens with one attached hydrogen (secondary N) is 1. The second kappa shape index (κ2) is 6.91. The lowest BCUT2D eigenvalue weighted by Crippen LogP contribution is -2.35. The molecular weight excluding hydrogens is 254 g/mol. The maximum absolute atomic E-state index is 3.53. The van der Waals surface area contributed by atoms with Crippen LogP contribution in [-0.2, 0) is 11.8 Å². The Kier molecular flexibility index (Phi) is 5.19. The normalized spacial score (nSPS) is 13.1. The monoisotopic (exact) mass is 281 g/mol. The minimum Gasteiger partial charge on any atom is -0.312 e. The van der Waals surface area contributed by atoms with Crippen LogP contribution in [-0.4, -0.2) is 7.05 Å². The molecule has 1 nitrogen and oxygen atoms in total. The van der Waals surface area contributed by atoms with Gasteiger partial charge in [-0.2, -0.15) is 0 Å². The summed E-state index contributed by atoms with van der Waals surface area (Å²) < 4.78 is 0. The van der Waals surface area contributed by atoms with Gasteiger partial charge in [0.25, 0.3) is 0 Å². The predicted molar refractivity (Wildman–Crippen MR) is 91.7 cm³/mol. The van der Waals surface area contributed by atoms with E-state index in [1.165, 1.54) is 23.1 Å². The fourth-order valence-electron chi connectivity index (χ4n) is 3.20. The van der Waals surface area contributed by atoms with Gasteiger partial charge in [0.1, 0.15) is 0 Å². The maximum Gasteiger partial charge on any atom is 0.0410 e. The number of likely N-dealkylation sites (N-methyl/N-ethyl adjacent to an activating group) is 1. The van der Waals surface area contributed by atoms with E-state index in [1.54, 1.807) is 0 Å². The van der Waals surface area contributed by atoms with E-state index in [0.29, 0.717) is 6.04 Å². The van der Waals surface area contributed by atoms with Gasteiger partial charge in [0.15, 0.2) is 0 Å². The summed E-state index contributed by atoms with van der Waals surface area (Å²) in [5, 5.41) is 3.53. The van der Waals surface area contributed by atoms with Crippen molar-refractivity contribution >= 4 is 0 Å². The summed E-state index contributed by atoms with van der Waals surface area (Å²) in [7, 11) is 2.06. The summed E-state index contributed by atoms with van der Waals surface area (Å²) >= 11 is 0. The van der Waals surface area contributed by atoms with Gasteiger partial charge in [0, 0.05) is 11.5 Å². The molecule has 0 saturated heterocycles. The van der Waals surface area contributed by atoms with Gasteiger partial charge in [0.05, 0.1) is 0 Å². The molecule has 0 saturated carbocycles. The zero-order valence-electron chi connectivity index (χ0n) is 13.7. The Labute approximate surface area is 129 Å². The molecule has 0 radical (unpaired) electrons. The number of aryl methyl sites for hydroxylation is 1. The molecule has 1 atom stereocenters. The van der Waals surface area contributed by atoms with Crippen molar-refractivity contribution in [3.05, 3.63) is 71.3 Å². The second-order valence-corrected chi connectivity index (χ2v) is 6.30. The third-order valence-corrected chi connectivity index (χ3v) is 4.35. The third-order valence-electron chi connectivity index (χ3n) is 4.35. The zero-order chi connectivity index (χ0) is 15.3. The van der Waals surface area contributed by atoms with E-state index < -0.39 is 0 Å². The first-order valence-corrected chi connectivity index (χ1v) is 7.91. The lowest BCUT2D eigenvalue weighted by Gasteiger charge is -2.35. The van der Waals surface area contributed by atoms with Crippen LogP contribution in [0.3, 0.4) is 0 Å². The van der Waals surface area contributed by atoms with Gasteiger partial charge in [-0.05, 0) is 30.2 Å². The average molecular weight is 281 g/mol. The minimum absolute atomic E-state index is 0.0425. The van der Waals surface area contributed by atoms with Crippen LogP contribution in [0.15, 0.2) is 54.6 Å². The van der Waals surface area contributed by atoms with Gasteiger partial charge in [-0.25, -0.2) is 0 Å².